The summed E-state index contributed by atoms with van der Waals surface area (Å²) >= 11 is 18.3. The summed E-state index contributed by atoms with van der Waals surface area (Å²) < 4.78 is 27.1. The van der Waals surface area contributed by atoms with Gasteiger partial charge in [0.05, 0.1) is 22.4 Å². The van der Waals surface area contributed by atoms with Crippen molar-refractivity contribution < 1.29 is 13.2 Å². The van der Waals surface area contributed by atoms with Crippen molar-refractivity contribution in [3.63, 3.8) is 0 Å². The topological polar surface area (TPSA) is 66.5 Å². The van der Waals surface area contributed by atoms with E-state index in [0.717, 1.165) is 0 Å². The third kappa shape index (κ3) is 4.99. The van der Waals surface area contributed by atoms with Gasteiger partial charge in [0.2, 0.25) is 15.9 Å². The van der Waals surface area contributed by atoms with Crippen molar-refractivity contribution in [2.24, 2.45) is 5.92 Å². The van der Waals surface area contributed by atoms with Gasteiger partial charge in [0.1, 0.15) is 0 Å². The molecule has 1 aliphatic rings. The fourth-order valence-corrected chi connectivity index (χ4v) is 5.70. The molecule has 3 rings (SSSR count). The molecule has 1 fully saturated rings. The van der Waals surface area contributed by atoms with Gasteiger partial charge in [0.25, 0.3) is 0 Å². The number of piperidine rings is 1. The molecule has 1 aliphatic heterocycles. The zero-order chi connectivity index (χ0) is 20.3. The van der Waals surface area contributed by atoms with E-state index in [1.165, 1.54) is 4.31 Å². The summed E-state index contributed by atoms with van der Waals surface area (Å²) in [4.78, 5) is 12.6. The molecular weight excluding hydrogens is 443 g/mol. The number of benzene rings is 2. The Kier molecular flexibility index (Phi) is 6.89. The minimum Gasteiger partial charge on any atom is -0.324 e. The predicted molar refractivity (Wildman–Crippen MR) is 113 cm³/mol. The quantitative estimate of drug-likeness (QED) is 0.693. The number of carbonyl (C=O) groups excluding carboxylic acids is 1. The minimum absolute atomic E-state index is 0.112. The van der Waals surface area contributed by atoms with Crippen LogP contribution in [0.2, 0.25) is 15.1 Å². The summed E-state index contributed by atoms with van der Waals surface area (Å²) in [5, 5.41) is 3.83. The molecule has 0 saturated carbocycles. The first-order valence-corrected chi connectivity index (χ1v) is 11.5. The van der Waals surface area contributed by atoms with Crippen molar-refractivity contribution >= 4 is 56.4 Å². The Bertz CT molecular complexity index is 962. The van der Waals surface area contributed by atoms with Crippen molar-refractivity contribution in [2.75, 3.05) is 18.4 Å². The SMILES string of the molecule is O=C(Nc1ccccc1Cl)C1CCCN(S(=O)(=O)Cc2c(Cl)cccc2Cl)C1. The molecule has 0 spiro atoms. The van der Waals surface area contributed by atoms with E-state index in [1.54, 1.807) is 42.5 Å². The summed E-state index contributed by atoms with van der Waals surface area (Å²) in [6, 6.07) is 11.8. The number of para-hydroxylation sites is 1. The van der Waals surface area contributed by atoms with Gasteiger partial charge in [-0.1, -0.05) is 53.0 Å². The van der Waals surface area contributed by atoms with Gasteiger partial charge in [0, 0.05) is 28.7 Å². The summed E-state index contributed by atoms with van der Waals surface area (Å²) in [6.07, 6.45) is 1.20. The van der Waals surface area contributed by atoms with E-state index in [2.05, 4.69) is 5.32 Å². The lowest BCUT2D eigenvalue weighted by Crippen LogP contribution is -2.44. The molecule has 1 amide bonds. The molecule has 9 heteroatoms. The highest BCUT2D eigenvalue weighted by atomic mass is 35.5. The van der Waals surface area contributed by atoms with Crippen molar-refractivity contribution in [1.82, 2.24) is 4.31 Å². The van der Waals surface area contributed by atoms with Crippen molar-refractivity contribution in [1.29, 1.82) is 0 Å². The summed E-state index contributed by atoms with van der Waals surface area (Å²) in [7, 11) is -3.67. The van der Waals surface area contributed by atoms with Crippen molar-refractivity contribution in [2.45, 2.75) is 18.6 Å². The van der Waals surface area contributed by atoms with Crippen LogP contribution in [0.4, 0.5) is 5.69 Å². The van der Waals surface area contributed by atoms with E-state index in [4.69, 9.17) is 34.8 Å². The van der Waals surface area contributed by atoms with Crippen LogP contribution in [-0.4, -0.2) is 31.7 Å². The number of rotatable bonds is 5. The van der Waals surface area contributed by atoms with Gasteiger partial charge in [-0.05, 0) is 37.1 Å². The molecule has 1 unspecified atom stereocenters. The van der Waals surface area contributed by atoms with Crippen molar-refractivity contribution in [3.8, 4) is 0 Å². The standard InChI is InChI=1S/C19H19Cl3N2O3S/c20-15-7-3-8-16(21)14(15)12-28(26,27)24-10-4-5-13(11-24)19(25)23-18-9-2-1-6-17(18)22/h1-3,6-9,13H,4-5,10-12H2,(H,23,25). The Morgan fingerprint density at radius 1 is 1.04 bits per heavy atom. The van der Waals surface area contributed by atoms with Crippen LogP contribution >= 0.6 is 34.8 Å². The number of amides is 1. The maximum atomic E-state index is 12.9. The smallest absolute Gasteiger partial charge is 0.228 e. The van der Waals surface area contributed by atoms with E-state index in [1.807, 2.05) is 0 Å². The van der Waals surface area contributed by atoms with E-state index in [0.29, 0.717) is 45.7 Å². The largest absolute Gasteiger partial charge is 0.324 e. The number of sulfonamides is 1. The highest BCUT2D eigenvalue weighted by molar-refractivity contribution is 7.88. The molecule has 0 bridgehead atoms. The average molecular weight is 462 g/mol. The maximum absolute atomic E-state index is 12.9. The number of anilines is 1. The molecule has 1 atom stereocenters. The third-order valence-electron chi connectivity index (χ3n) is 4.67. The van der Waals surface area contributed by atoms with Crippen LogP contribution in [-0.2, 0) is 20.6 Å². The lowest BCUT2D eigenvalue weighted by molar-refractivity contribution is -0.120. The third-order valence-corrected chi connectivity index (χ3v) is 7.48. The minimum atomic E-state index is -3.67. The van der Waals surface area contributed by atoms with E-state index in [-0.39, 0.29) is 18.2 Å². The number of nitrogens with one attached hydrogen (secondary N) is 1. The number of hydrogen-bond donors (Lipinski definition) is 1. The predicted octanol–water partition coefficient (Wildman–Crippen LogP) is 4.83. The first-order chi connectivity index (χ1) is 13.3. The highest BCUT2D eigenvalue weighted by Gasteiger charge is 2.33. The molecule has 2 aromatic rings. The number of hydrogen-bond acceptors (Lipinski definition) is 3. The fraction of sp³-hybridized carbons (Fsp3) is 0.316. The monoisotopic (exact) mass is 460 g/mol. The van der Waals surface area contributed by atoms with E-state index in [9.17, 15) is 13.2 Å². The van der Waals surface area contributed by atoms with Gasteiger partial charge in [0.15, 0.2) is 0 Å². The number of carbonyl (C=O) groups is 1. The molecule has 2 aromatic carbocycles. The van der Waals surface area contributed by atoms with E-state index >= 15 is 0 Å². The zero-order valence-corrected chi connectivity index (χ0v) is 18.0. The molecule has 1 saturated heterocycles. The second kappa shape index (κ2) is 9.01. The second-order valence-corrected chi connectivity index (χ2v) is 9.81. The molecule has 0 radical (unpaired) electrons. The Morgan fingerprint density at radius 2 is 1.68 bits per heavy atom. The number of nitrogens with zero attached hydrogens (tertiary/aromatic N) is 1. The fourth-order valence-electron chi connectivity index (χ4n) is 3.15. The van der Waals surface area contributed by atoms with Gasteiger partial charge in [-0.2, -0.15) is 0 Å². The van der Waals surface area contributed by atoms with Crippen molar-refractivity contribution in [3.05, 3.63) is 63.1 Å². The Balaban J connectivity index is 1.71. The molecule has 28 heavy (non-hydrogen) atoms. The van der Waals surface area contributed by atoms with Gasteiger partial charge < -0.3 is 5.32 Å². The maximum Gasteiger partial charge on any atom is 0.228 e. The number of halogens is 3. The molecule has 1 heterocycles. The lowest BCUT2D eigenvalue weighted by atomic mass is 9.99. The van der Waals surface area contributed by atoms with Crippen LogP contribution in [0.15, 0.2) is 42.5 Å². The summed E-state index contributed by atoms with van der Waals surface area (Å²) in [5.74, 6) is -1.00. The van der Waals surface area contributed by atoms with Crippen LogP contribution in [0.5, 0.6) is 0 Å². The average Bonchev–Trinajstić information content (AvgIpc) is 2.67. The van der Waals surface area contributed by atoms with Crippen LogP contribution in [0.25, 0.3) is 0 Å². The Morgan fingerprint density at radius 3 is 2.36 bits per heavy atom. The molecular formula is C19H19Cl3N2O3S. The van der Waals surface area contributed by atoms with Crippen LogP contribution in [0.3, 0.4) is 0 Å². The molecule has 0 aliphatic carbocycles. The first kappa shape index (κ1) is 21.4. The molecule has 5 nitrogen and oxygen atoms in total. The van der Waals surface area contributed by atoms with E-state index < -0.39 is 15.9 Å². The second-order valence-electron chi connectivity index (χ2n) is 6.62. The lowest BCUT2D eigenvalue weighted by Gasteiger charge is -2.31. The molecule has 1 N–H and O–H groups in total. The first-order valence-electron chi connectivity index (χ1n) is 8.74. The zero-order valence-electron chi connectivity index (χ0n) is 14.9. The Hall–Kier alpha value is -1.31. The van der Waals surface area contributed by atoms with Crippen LogP contribution in [0.1, 0.15) is 18.4 Å². The molecule has 150 valence electrons. The normalized spacial score (nSPS) is 18.0. The van der Waals surface area contributed by atoms with Gasteiger partial charge in [-0.25, -0.2) is 12.7 Å². The Labute approximate surface area is 179 Å². The van der Waals surface area contributed by atoms with Gasteiger partial charge in [-0.15, -0.1) is 0 Å². The van der Waals surface area contributed by atoms with Crippen LogP contribution in [0, 0.1) is 5.92 Å². The van der Waals surface area contributed by atoms with Gasteiger partial charge >= 0.3 is 0 Å². The van der Waals surface area contributed by atoms with Crippen LogP contribution < -0.4 is 5.32 Å². The summed E-state index contributed by atoms with van der Waals surface area (Å²) in [6.45, 7) is 0.473. The molecule has 0 aromatic heterocycles. The summed E-state index contributed by atoms with van der Waals surface area (Å²) in [5.41, 5.74) is 0.880. The van der Waals surface area contributed by atoms with Gasteiger partial charge in [-0.3, -0.25) is 4.79 Å². The highest BCUT2D eigenvalue weighted by Crippen LogP contribution is 2.29.